The highest BCUT2D eigenvalue weighted by Crippen LogP contribution is 2.29. The van der Waals surface area contributed by atoms with Gasteiger partial charge in [-0.25, -0.2) is 0 Å². The average Bonchev–Trinajstić information content (AvgIpc) is 2.99. The molecule has 1 amide bonds. The number of rotatable bonds is 7. The van der Waals surface area contributed by atoms with E-state index in [1.54, 1.807) is 6.26 Å². The zero-order chi connectivity index (χ0) is 20.3. The van der Waals surface area contributed by atoms with Crippen LogP contribution in [0.5, 0.6) is 0 Å². The van der Waals surface area contributed by atoms with Gasteiger partial charge in [0, 0.05) is 12.3 Å². The first-order chi connectivity index (χ1) is 12.7. The Morgan fingerprint density at radius 2 is 1.96 bits per heavy atom. The molecule has 0 aromatic heterocycles. The molecule has 0 aliphatic carbocycles. The lowest BCUT2D eigenvalue weighted by Crippen LogP contribution is -3.12. The Kier molecular flexibility index (Phi) is 8.35. The molecule has 158 valence electrons. The van der Waals surface area contributed by atoms with E-state index in [9.17, 15) is 25.2 Å². The molecule has 0 aromatic rings. The summed E-state index contributed by atoms with van der Waals surface area (Å²) in [5.74, 6) is 0.319. The van der Waals surface area contributed by atoms with Gasteiger partial charge >= 0.3 is 0 Å². The summed E-state index contributed by atoms with van der Waals surface area (Å²) in [5.41, 5.74) is -0.750. The number of ether oxygens (including phenoxy) is 1. The fourth-order valence-corrected chi connectivity index (χ4v) is 4.96. The van der Waals surface area contributed by atoms with Crippen molar-refractivity contribution in [3.63, 3.8) is 0 Å². The minimum absolute atomic E-state index is 0.186. The molecular formula is C18H35N2O6S+. The quantitative estimate of drug-likeness (QED) is 0.281. The van der Waals surface area contributed by atoms with Crippen LogP contribution in [-0.2, 0) is 9.53 Å². The molecule has 0 saturated carbocycles. The van der Waals surface area contributed by atoms with Crippen LogP contribution in [0.2, 0.25) is 0 Å². The first-order valence-corrected chi connectivity index (χ1v) is 11.0. The van der Waals surface area contributed by atoms with Crippen molar-refractivity contribution in [3.05, 3.63) is 0 Å². The molecule has 2 rings (SSSR count). The molecule has 9 heteroatoms. The van der Waals surface area contributed by atoms with Gasteiger partial charge in [0.25, 0.3) is 5.91 Å². The highest BCUT2D eigenvalue weighted by molar-refractivity contribution is 7.99. The lowest BCUT2D eigenvalue weighted by molar-refractivity contribution is -0.884. The Morgan fingerprint density at radius 3 is 2.52 bits per heavy atom. The van der Waals surface area contributed by atoms with Gasteiger partial charge in [0.2, 0.25) is 0 Å². The molecule has 2 fully saturated rings. The fourth-order valence-electron chi connectivity index (χ4n) is 4.28. The normalized spacial score (nSPS) is 41.9. The van der Waals surface area contributed by atoms with Crippen molar-refractivity contribution in [2.75, 3.05) is 19.8 Å². The molecule has 1 unspecified atom stereocenters. The van der Waals surface area contributed by atoms with Crippen molar-refractivity contribution < 1.29 is 34.9 Å². The molecular weight excluding hydrogens is 372 g/mol. The van der Waals surface area contributed by atoms with Gasteiger partial charge in [0.15, 0.2) is 6.04 Å². The highest BCUT2D eigenvalue weighted by Gasteiger charge is 2.49. The molecule has 2 aliphatic rings. The molecule has 8 nitrogen and oxygen atoms in total. The van der Waals surface area contributed by atoms with Crippen molar-refractivity contribution >= 4 is 17.7 Å². The van der Waals surface area contributed by atoms with Crippen LogP contribution in [0.25, 0.3) is 0 Å². The Hall–Kier alpha value is -0.420. The summed E-state index contributed by atoms with van der Waals surface area (Å²) in [6, 6.07) is -1.10. The largest absolute Gasteiger partial charge is 0.391 e. The van der Waals surface area contributed by atoms with E-state index < -0.39 is 42.0 Å². The lowest BCUT2D eigenvalue weighted by Gasteiger charge is -2.44. The zero-order valence-corrected chi connectivity index (χ0v) is 17.4. The maximum Gasteiger partial charge on any atom is 0.278 e. The van der Waals surface area contributed by atoms with Gasteiger partial charge < -0.3 is 35.4 Å². The zero-order valence-electron chi connectivity index (χ0n) is 16.5. The maximum absolute atomic E-state index is 12.9. The van der Waals surface area contributed by atoms with Crippen LogP contribution in [0.3, 0.4) is 0 Å². The molecule has 0 aromatic carbocycles. The summed E-state index contributed by atoms with van der Waals surface area (Å²) >= 11 is 1.20. The van der Waals surface area contributed by atoms with Gasteiger partial charge in [-0.05, 0) is 19.6 Å². The van der Waals surface area contributed by atoms with E-state index in [0.29, 0.717) is 5.92 Å². The van der Waals surface area contributed by atoms with E-state index in [1.807, 2.05) is 7.05 Å². The monoisotopic (exact) mass is 407 g/mol. The van der Waals surface area contributed by atoms with Gasteiger partial charge in [0.05, 0.1) is 25.7 Å². The number of hydrogen-bond donors (Lipinski definition) is 6. The molecule has 0 spiro atoms. The third kappa shape index (κ3) is 5.14. The third-order valence-electron chi connectivity index (χ3n) is 5.81. The van der Waals surface area contributed by atoms with Gasteiger partial charge in [0.1, 0.15) is 29.9 Å². The number of aliphatic hydroxyl groups excluding tert-OH is 4. The van der Waals surface area contributed by atoms with Crippen LogP contribution in [0.4, 0.5) is 0 Å². The molecule has 0 radical (unpaired) electrons. The second-order valence-electron chi connectivity index (χ2n) is 7.95. The molecule has 6 N–H and O–H groups in total. The molecule has 10 atom stereocenters. The van der Waals surface area contributed by atoms with Crippen LogP contribution in [-0.4, -0.2) is 94.2 Å². The lowest BCUT2D eigenvalue weighted by atomic mass is 9.92. The second kappa shape index (κ2) is 9.87. The van der Waals surface area contributed by atoms with Crippen molar-refractivity contribution in [1.29, 1.82) is 0 Å². The van der Waals surface area contributed by atoms with Gasteiger partial charge in [-0.15, -0.1) is 11.8 Å². The maximum atomic E-state index is 12.9. The van der Waals surface area contributed by atoms with Crippen molar-refractivity contribution in [2.24, 2.45) is 5.92 Å². The number of likely N-dealkylation sites (tertiary alicyclic amines) is 1. The Morgan fingerprint density at radius 1 is 1.30 bits per heavy atom. The minimum atomic E-state index is -1.41. The number of amides is 1. The number of likely N-dealkylation sites (N-methyl/N-ethyl adjacent to an activating group) is 1. The van der Waals surface area contributed by atoms with Gasteiger partial charge in [-0.3, -0.25) is 4.79 Å². The van der Waals surface area contributed by atoms with E-state index >= 15 is 0 Å². The Labute approximate surface area is 165 Å². The first-order valence-electron chi connectivity index (χ1n) is 9.74. The Balaban J connectivity index is 2.09. The SMILES string of the molecule is CCC[C@H]1C[C@H](C(=O)N[C@H]([C@@H]2O[C@@H](SC)[C@@H](O)[C@H](O)[C@@H]2O)[C@H](C)O)[NH+](C)C1. The summed E-state index contributed by atoms with van der Waals surface area (Å²) in [5, 5.41) is 43.6. The van der Waals surface area contributed by atoms with Crippen molar-refractivity contribution in [1.82, 2.24) is 5.32 Å². The highest BCUT2D eigenvalue weighted by atomic mass is 32.2. The fraction of sp³-hybridized carbons (Fsp3) is 0.944. The molecule has 2 saturated heterocycles. The van der Waals surface area contributed by atoms with E-state index in [2.05, 4.69) is 12.2 Å². The molecule has 27 heavy (non-hydrogen) atoms. The topological polar surface area (TPSA) is 124 Å². The predicted molar refractivity (Wildman–Crippen MR) is 102 cm³/mol. The first kappa shape index (κ1) is 22.9. The smallest absolute Gasteiger partial charge is 0.278 e. The standard InChI is InChI=1S/C18H34N2O6S/c1-5-6-10-7-11(20(3)8-10)17(25)19-12(9(2)21)16-14(23)13(22)15(24)18(26-16)27-4/h9-16,18,21-24H,5-8H2,1-4H3,(H,19,25)/p+1/t9-,10-,11+,12-,13+,14-,15-,16-,18-/m0/s1. The minimum Gasteiger partial charge on any atom is -0.391 e. The summed E-state index contributed by atoms with van der Waals surface area (Å²) in [6.07, 6.45) is -1.39. The summed E-state index contributed by atoms with van der Waals surface area (Å²) < 4.78 is 5.73. The van der Waals surface area contributed by atoms with Crippen molar-refractivity contribution in [2.45, 2.75) is 81.1 Å². The summed E-state index contributed by atoms with van der Waals surface area (Å²) in [4.78, 5) is 14.0. The summed E-state index contributed by atoms with van der Waals surface area (Å²) in [6.45, 7) is 4.58. The van der Waals surface area contributed by atoms with Crippen LogP contribution in [0.1, 0.15) is 33.1 Å². The van der Waals surface area contributed by atoms with E-state index in [0.717, 1.165) is 30.7 Å². The van der Waals surface area contributed by atoms with E-state index in [4.69, 9.17) is 4.74 Å². The number of aliphatic hydroxyl groups is 4. The van der Waals surface area contributed by atoms with Crippen LogP contribution in [0, 0.1) is 5.92 Å². The van der Waals surface area contributed by atoms with E-state index in [1.165, 1.54) is 18.7 Å². The molecule has 2 aliphatic heterocycles. The van der Waals surface area contributed by atoms with Crippen LogP contribution in [0.15, 0.2) is 0 Å². The van der Waals surface area contributed by atoms with Gasteiger partial charge in [-0.1, -0.05) is 13.3 Å². The number of quaternary nitrogens is 1. The number of nitrogens with one attached hydrogen (secondary N) is 2. The average molecular weight is 408 g/mol. The third-order valence-corrected chi connectivity index (χ3v) is 6.66. The van der Waals surface area contributed by atoms with Crippen LogP contribution < -0.4 is 10.2 Å². The number of carbonyl (C=O) groups is 1. The molecule has 2 heterocycles. The number of carbonyl (C=O) groups excluding carboxylic acids is 1. The van der Waals surface area contributed by atoms with Gasteiger partial charge in [-0.2, -0.15) is 0 Å². The summed E-state index contributed by atoms with van der Waals surface area (Å²) in [7, 11) is 1.99. The van der Waals surface area contributed by atoms with Crippen LogP contribution >= 0.6 is 11.8 Å². The molecule has 0 bridgehead atoms. The Bertz CT molecular complexity index is 494. The number of hydrogen-bond acceptors (Lipinski definition) is 7. The van der Waals surface area contributed by atoms with Crippen molar-refractivity contribution in [3.8, 4) is 0 Å². The predicted octanol–water partition coefficient (Wildman–Crippen LogP) is -2.27. The van der Waals surface area contributed by atoms with E-state index in [-0.39, 0.29) is 11.9 Å². The number of thioether (sulfide) groups is 1. The second-order valence-corrected chi connectivity index (χ2v) is 8.88.